The molecule has 4 heteroatoms. The highest BCUT2D eigenvalue weighted by Crippen LogP contribution is 2.18. The summed E-state index contributed by atoms with van der Waals surface area (Å²) in [5.41, 5.74) is 6.15. The molecule has 2 aliphatic rings. The molecule has 2 unspecified atom stereocenters. The normalized spacial score (nSPS) is 38.4. The Kier molecular flexibility index (Phi) is 3.61. The summed E-state index contributed by atoms with van der Waals surface area (Å²) in [6, 6.07) is 0. The molecule has 2 fully saturated rings. The van der Waals surface area contributed by atoms with Crippen LogP contribution in [0, 0.1) is 0 Å². The molecule has 0 radical (unpaired) electrons. The molecule has 4 nitrogen and oxygen atoms in total. The predicted molar refractivity (Wildman–Crippen MR) is 58.8 cm³/mol. The van der Waals surface area contributed by atoms with Crippen molar-refractivity contribution in [3.8, 4) is 0 Å². The number of nitrogens with zero attached hydrogens (tertiary/aromatic N) is 1. The van der Waals surface area contributed by atoms with Crippen LogP contribution in [0.25, 0.3) is 0 Å². The van der Waals surface area contributed by atoms with Crippen molar-refractivity contribution < 1.29 is 9.47 Å². The zero-order valence-corrected chi connectivity index (χ0v) is 9.58. The minimum absolute atomic E-state index is 0.115. The molecule has 0 amide bonds. The van der Waals surface area contributed by atoms with E-state index in [1.165, 1.54) is 0 Å². The Morgan fingerprint density at radius 3 is 3.00 bits per heavy atom. The van der Waals surface area contributed by atoms with Gasteiger partial charge in [0.25, 0.3) is 0 Å². The number of hydrogen-bond donors (Lipinski definition) is 1. The van der Waals surface area contributed by atoms with E-state index < -0.39 is 0 Å². The first-order chi connectivity index (χ1) is 7.22. The van der Waals surface area contributed by atoms with E-state index in [9.17, 15) is 0 Å². The molecule has 2 aliphatic heterocycles. The average molecular weight is 214 g/mol. The standard InChI is InChI=1S/C11H22N2O2/c1-2-10-7-13(4-6-15-10)8-11(12)3-5-14-9-11/h10H,2-9,12H2,1H3. The minimum atomic E-state index is -0.115. The third-order valence-electron chi connectivity index (χ3n) is 3.35. The molecule has 2 heterocycles. The second kappa shape index (κ2) is 4.78. The molecule has 15 heavy (non-hydrogen) atoms. The van der Waals surface area contributed by atoms with Gasteiger partial charge >= 0.3 is 0 Å². The van der Waals surface area contributed by atoms with Crippen LogP contribution < -0.4 is 5.73 Å². The number of rotatable bonds is 3. The highest BCUT2D eigenvalue weighted by Gasteiger charge is 2.33. The maximum atomic E-state index is 6.27. The monoisotopic (exact) mass is 214 g/mol. The van der Waals surface area contributed by atoms with Crippen LogP contribution >= 0.6 is 0 Å². The molecule has 0 spiro atoms. The van der Waals surface area contributed by atoms with Crippen LogP contribution in [0.15, 0.2) is 0 Å². The summed E-state index contributed by atoms with van der Waals surface area (Å²) in [7, 11) is 0. The van der Waals surface area contributed by atoms with Gasteiger partial charge < -0.3 is 15.2 Å². The van der Waals surface area contributed by atoms with E-state index in [0.717, 1.165) is 45.7 Å². The number of nitrogens with two attached hydrogens (primary N) is 1. The summed E-state index contributed by atoms with van der Waals surface area (Å²) in [4.78, 5) is 2.42. The van der Waals surface area contributed by atoms with Crippen molar-refractivity contribution in [1.82, 2.24) is 4.90 Å². The summed E-state index contributed by atoms with van der Waals surface area (Å²) in [5.74, 6) is 0. The Hall–Kier alpha value is -0.160. The molecule has 2 rings (SSSR count). The molecule has 2 saturated heterocycles. The van der Waals surface area contributed by atoms with Crippen molar-refractivity contribution in [2.45, 2.75) is 31.4 Å². The van der Waals surface area contributed by atoms with Crippen LogP contribution in [0.5, 0.6) is 0 Å². The van der Waals surface area contributed by atoms with E-state index in [0.29, 0.717) is 12.7 Å². The summed E-state index contributed by atoms with van der Waals surface area (Å²) in [6.07, 6.45) is 2.47. The minimum Gasteiger partial charge on any atom is -0.379 e. The van der Waals surface area contributed by atoms with Crippen molar-refractivity contribution in [1.29, 1.82) is 0 Å². The van der Waals surface area contributed by atoms with E-state index in [1.807, 2.05) is 0 Å². The van der Waals surface area contributed by atoms with Gasteiger partial charge in [-0.05, 0) is 12.8 Å². The van der Waals surface area contributed by atoms with Crippen LogP contribution in [-0.4, -0.2) is 56.0 Å². The Balaban J connectivity index is 1.83. The smallest absolute Gasteiger partial charge is 0.0700 e. The Morgan fingerprint density at radius 2 is 2.33 bits per heavy atom. The van der Waals surface area contributed by atoms with Crippen LogP contribution in [0.4, 0.5) is 0 Å². The van der Waals surface area contributed by atoms with Crippen molar-refractivity contribution in [3.63, 3.8) is 0 Å². The molecule has 0 bridgehead atoms. The largest absolute Gasteiger partial charge is 0.379 e. The van der Waals surface area contributed by atoms with E-state index >= 15 is 0 Å². The third kappa shape index (κ3) is 2.91. The molecule has 0 aromatic rings. The van der Waals surface area contributed by atoms with Crippen molar-refractivity contribution in [2.75, 3.05) is 39.5 Å². The first-order valence-corrected chi connectivity index (χ1v) is 5.92. The Labute approximate surface area is 91.7 Å². The topological polar surface area (TPSA) is 47.7 Å². The Bertz CT molecular complexity index is 205. The Morgan fingerprint density at radius 1 is 1.47 bits per heavy atom. The van der Waals surface area contributed by atoms with Crippen LogP contribution in [0.1, 0.15) is 19.8 Å². The van der Waals surface area contributed by atoms with Gasteiger partial charge in [-0.1, -0.05) is 6.92 Å². The lowest BCUT2D eigenvalue weighted by atomic mass is 9.99. The number of morpholine rings is 1. The molecule has 0 aromatic heterocycles. The van der Waals surface area contributed by atoms with Gasteiger partial charge in [-0.15, -0.1) is 0 Å². The summed E-state index contributed by atoms with van der Waals surface area (Å²) in [6.45, 7) is 7.53. The second-order valence-electron chi connectivity index (χ2n) is 4.80. The lowest BCUT2D eigenvalue weighted by Crippen LogP contribution is -2.54. The highest BCUT2D eigenvalue weighted by molar-refractivity contribution is 4.92. The molecule has 0 saturated carbocycles. The molecular formula is C11H22N2O2. The predicted octanol–water partition coefficient (Wildman–Crippen LogP) is 0.215. The summed E-state index contributed by atoms with van der Waals surface area (Å²) in [5, 5.41) is 0. The first kappa shape index (κ1) is 11.3. The average Bonchev–Trinajstić information content (AvgIpc) is 2.65. The van der Waals surface area contributed by atoms with E-state index in [-0.39, 0.29) is 5.54 Å². The highest BCUT2D eigenvalue weighted by atomic mass is 16.5. The van der Waals surface area contributed by atoms with Gasteiger partial charge in [-0.3, -0.25) is 4.90 Å². The molecule has 2 N–H and O–H groups in total. The number of ether oxygens (including phenoxy) is 2. The summed E-state index contributed by atoms with van der Waals surface area (Å²) < 4.78 is 11.0. The van der Waals surface area contributed by atoms with Crippen LogP contribution in [0.2, 0.25) is 0 Å². The zero-order chi connectivity index (χ0) is 10.7. The summed E-state index contributed by atoms with van der Waals surface area (Å²) >= 11 is 0. The molecule has 88 valence electrons. The van der Waals surface area contributed by atoms with E-state index in [1.54, 1.807) is 0 Å². The van der Waals surface area contributed by atoms with Gasteiger partial charge in [0.1, 0.15) is 0 Å². The zero-order valence-electron chi connectivity index (χ0n) is 9.58. The fourth-order valence-electron chi connectivity index (χ4n) is 2.36. The van der Waals surface area contributed by atoms with Gasteiger partial charge in [0, 0.05) is 26.2 Å². The van der Waals surface area contributed by atoms with E-state index in [4.69, 9.17) is 15.2 Å². The fourth-order valence-corrected chi connectivity index (χ4v) is 2.36. The quantitative estimate of drug-likeness (QED) is 0.730. The maximum Gasteiger partial charge on any atom is 0.0700 e. The first-order valence-electron chi connectivity index (χ1n) is 5.92. The van der Waals surface area contributed by atoms with Gasteiger partial charge in [-0.2, -0.15) is 0 Å². The van der Waals surface area contributed by atoms with Crippen molar-refractivity contribution in [3.05, 3.63) is 0 Å². The maximum absolute atomic E-state index is 6.27. The second-order valence-corrected chi connectivity index (χ2v) is 4.80. The lowest BCUT2D eigenvalue weighted by Gasteiger charge is -2.37. The van der Waals surface area contributed by atoms with Gasteiger partial charge in [0.2, 0.25) is 0 Å². The van der Waals surface area contributed by atoms with Gasteiger partial charge in [0.05, 0.1) is 24.9 Å². The van der Waals surface area contributed by atoms with Gasteiger partial charge in [0.15, 0.2) is 0 Å². The van der Waals surface area contributed by atoms with E-state index in [2.05, 4.69) is 11.8 Å². The fraction of sp³-hybridized carbons (Fsp3) is 1.00. The molecule has 2 atom stereocenters. The molecule has 0 aliphatic carbocycles. The SMILES string of the molecule is CCC1CN(CC2(N)CCOC2)CCO1. The molecular weight excluding hydrogens is 192 g/mol. The third-order valence-corrected chi connectivity index (χ3v) is 3.35. The molecule has 0 aromatic carbocycles. The lowest BCUT2D eigenvalue weighted by molar-refractivity contribution is -0.0361. The van der Waals surface area contributed by atoms with Gasteiger partial charge in [-0.25, -0.2) is 0 Å². The van der Waals surface area contributed by atoms with Crippen molar-refractivity contribution in [2.24, 2.45) is 5.73 Å². The van der Waals surface area contributed by atoms with Crippen molar-refractivity contribution >= 4 is 0 Å². The number of hydrogen-bond acceptors (Lipinski definition) is 4. The van der Waals surface area contributed by atoms with Crippen LogP contribution in [-0.2, 0) is 9.47 Å². The van der Waals surface area contributed by atoms with Crippen LogP contribution in [0.3, 0.4) is 0 Å².